The highest BCUT2D eigenvalue weighted by molar-refractivity contribution is 5.37. The first-order valence-electron chi connectivity index (χ1n) is 6.97. The van der Waals surface area contributed by atoms with Crippen LogP contribution >= 0.6 is 0 Å². The minimum absolute atomic E-state index is 0.382. The van der Waals surface area contributed by atoms with Crippen LogP contribution in [0.5, 0.6) is 0 Å². The van der Waals surface area contributed by atoms with E-state index in [1.807, 2.05) is 16.8 Å². The van der Waals surface area contributed by atoms with Crippen LogP contribution < -0.4 is 5.73 Å². The molecular weight excluding hydrogens is 248 g/mol. The lowest BCUT2D eigenvalue weighted by Crippen LogP contribution is -2.06. The summed E-state index contributed by atoms with van der Waals surface area (Å²) in [5, 5.41) is 4.54. The topological polar surface area (TPSA) is 56.7 Å². The SMILES string of the molecule is CCc1nc(CC)n(Cc2cccc(C#CCN)c2)n1. The van der Waals surface area contributed by atoms with Crippen LogP contribution in [0.3, 0.4) is 0 Å². The number of nitrogens with zero attached hydrogens (tertiary/aromatic N) is 3. The van der Waals surface area contributed by atoms with Crippen LogP contribution in [0, 0.1) is 11.8 Å². The molecule has 0 saturated carbocycles. The highest BCUT2D eigenvalue weighted by atomic mass is 15.3. The maximum absolute atomic E-state index is 5.40. The Bertz CT molecular complexity index is 631. The third-order valence-corrected chi connectivity index (χ3v) is 3.02. The Labute approximate surface area is 120 Å². The molecule has 2 aromatic rings. The zero-order chi connectivity index (χ0) is 14.4. The van der Waals surface area contributed by atoms with Gasteiger partial charge in [-0.1, -0.05) is 37.8 Å². The van der Waals surface area contributed by atoms with Crippen LogP contribution in [0.25, 0.3) is 0 Å². The number of aromatic nitrogens is 3. The lowest BCUT2D eigenvalue weighted by atomic mass is 10.1. The van der Waals surface area contributed by atoms with Crippen molar-refractivity contribution in [1.82, 2.24) is 14.8 Å². The van der Waals surface area contributed by atoms with Crippen molar-refractivity contribution >= 4 is 0 Å². The van der Waals surface area contributed by atoms with E-state index < -0.39 is 0 Å². The summed E-state index contributed by atoms with van der Waals surface area (Å²) in [6, 6.07) is 8.17. The van der Waals surface area contributed by atoms with Crippen molar-refractivity contribution in [2.24, 2.45) is 5.73 Å². The Balaban J connectivity index is 2.23. The predicted molar refractivity (Wildman–Crippen MR) is 80.3 cm³/mol. The molecule has 20 heavy (non-hydrogen) atoms. The first-order chi connectivity index (χ1) is 9.76. The fourth-order valence-corrected chi connectivity index (χ4v) is 2.04. The minimum atomic E-state index is 0.382. The molecule has 2 N–H and O–H groups in total. The third-order valence-electron chi connectivity index (χ3n) is 3.02. The van der Waals surface area contributed by atoms with Gasteiger partial charge in [0.25, 0.3) is 0 Å². The molecule has 1 aromatic carbocycles. The van der Waals surface area contributed by atoms with Gasteiger partial charge in [-0.05, 0) is 17.7 Å². The zero-order valence-electron chi connectivity index (χ0n) is 12.1. The van der Waals surface area contributed by atoms with E-state index in [9.17, 15) is 0 Å². The van der Waals surface area contributed by atoms with E-state index in [4.69, 9.17) is 5.73 Å². The van der Waals surface area contributed by atoms with Gasteiger partial charge in [-0.2, -0.15) is 5.10 Å². The fraction of sp³-hybridized carbons (Fsp3) is 0.375. The summed E-state index contributed by atoms with van der Waals surface area (Å²) in [6.45, 7) is 5.28. The number of hydrogen-bond acceptors (Lipinski definition) is 3. The van der Waals surface area contributed by atoms with E-state index in [0.29, 0.717) is 6.54 Å². The van der Waals surface area contributed by atoms with Crippen molar-refractivity contribution in [2.45, 2.75) is 33.2 Å². The Kier molecular flexibility index (Phi) is 4.91. The second kappa shape index (κ2) is 6.88. The van der Waals surface area contributed by atoms with Crippen molar-refractivity contribution in [1.29, 1.82) is 0 Å². The maximum atomic E-state index is 5.40. The molecule has 0 spiro atoms. The van der Waals surface area contributed by atoms with Gasteiger partial charge in [0.15, 0.2) is 5.82 Å². The number of rotatable bonds is 4. The Morgan fingerprint density at radius 1 is 1.25 bits per heavy atom. The van der Waals surface area contributed by atoms with E-state index in [1.165, 1.54) is 5.56 Å². The predicted octanol–water partition coefficient (Wildman–Crippen LogP) is 1.76. The standard InChI is InChI=1S/C16H20N4/c1-3-15-18-16(4-2)20(19-15)12-14-8-5-7-13(11-14)9-6-10-17/h5,7-8,11H,3-4,10,12,17H2,1-2H3. The van der Waals surface area contributed by atoms with Crippen molar-refractivity contribution in [3.8, 4) is 11.8 Å². The fourth-order valence-electron chi connectivity index (χ4n) is 2.04. The number of nitrogens with two attached hydrogens (primary N) is 1. The molecule has 0 fully saturated rings. The van der Waals surface area contributed by atoms with Gasteiger partial charge in [0.05, 0.1) is 13.1 Å². The third kappa shape index (κ3) is 3.46. The molecule has 0 unspecified atom stereocenters. The maximum Gasteiger partial charge on any atom is 0.150 e. The zero-order valence-corrected chi connectivity index (χ0v) is 12.1. The van der Waals surface area contributed by atoms with Crippen LogP contribution in [0.4, 0.5) is 0 Å². The van der Waals surface area contributed by atoms with Crippen LogP contribution in [0.2, 0.25) is 0 Å². The minimum Gasteiger partial charge on any atom is -0.320 e. The van der Waals surface area contributed by atoms with E-state index in [1.54, 1.807) is 0 Å². The first kappa shape index (κ1) is 14.3. The Hall–Kier alpha value is -2.12. The van der Waals surface area contributed by atoms with Crippen molar-refractivity contribution < 1.29 is 0 Å². The van der Waals surface area contributed by atoms with Crippen LogP contribution in [-0.2, 0) is 19.4 Å². The lowest BCUT2D eigenvalue weighted by Gasteiger charge is -2.05. The van der Waals surface area contributed by atoms with Crippen LogP contribution in [-0.4, -0.2) is 21.3 Å². The molecule has 0 atom stereocenters. The normalized spacial score (nSPS) is 10.2. The quantitative estimate of drug-likeness (QED) is 0.860. The van der Waals surface area contributed by atoms with Gasteiger partial charge in [-0.25, -0.2) is 9.67 Å². The summed E-state index contributed by atoms with van der Waals surface area (Å²) in [5.41, 5.74) is 7.56. The van der Waals surface area contributed by atoms with Gasteiger partial charge in [-0.3, -0.25) is 0 Å². The molecule has 1 heterocycles. The summed E-state index contributed by atoms with van der Waals surface area (Å²) in [7, 11) is 0. The Morgan fingerprint density at radius 2 is 2.10 bits per heavy atom. The summed E-state index contributed by atoms with van der Waals surface area (Å²) in [5.74, 6) is 7.86. The van der Waals surface area contributed by atoms with Crippen LogP contribution in [0.15, 0.2) is 24.3 Å². The van der Waals surface area contributed by atoms with Gasteiger partial charge in [0.2, 0.25) is 0 Å². The molecule has 104 valence electrons. The molecule has 0 aliphatic carbocycles. The van der Waals surface area contributed by atoms with E-state index >= 15 is 0 Å². The summed E-state index contributed by atoms with van der Waals surface area (Å²) in [4.78, 5) is 4.52. The van der Waals surface area contributed by atoms with Crippen molar-refractivity contribution in [2.75, 3.05) is 6.54 Å². The van der Waals surface area contributed by atoms with E-state index in [2.05, 4.69) is 47.9 Å². The van der Waals surface area contributed by atoms with E-state index in [0.717, 1.165) is 36.6 Å². The van der Waals surface area contributed by atoms with Crippen LogP contribution in [0.1, 0.15) is 36.6 Å². The molecule has 4 heteroatoms. The van der Waals surface area contributed by atoms with Gasteiger partial charge < -0.3 is 5.73 Å². The molecule has 0 aliphatic heterocycles. The monoisotopic (exact) mass is 268 g/mol. The second-order valence-electron chi connectivity index (χ2n) is 4.52. The molecule has 2 rings (SSSR count). The number of hydrogen-bond donors (Lipinski definition) is 1. The van der Waals surface area contributed by atoms with Gasteiger partial charge in [-0.15, -0.1) is 0 Å². The summed E-state index contributed by atoms with van der Waals surface area (Å²) in [6.07, 6.45) is 1.75. The average molecular weight is 268 g/mol. The van der Waals surface area contributed by atoms with E-state index in [-0.39, 0.29) is 0 Å². The van der Waals surface area contributed by atoms with Gasteiger partial charge >= 0.3 is 0 Å². The number of aryl methyl sites for hydroxylation is 2. The van der Waals surface area contributed by atoms with Gasteiger partial charge in [0.1, 0.15) is 5.82 Å². The molecule has 0 bridgehead atoms. The largest absolute Gasteiger partial charge is 0.320 e. The van der Waals surface area contributed by atoms with Gasteiger partial charge in [0, 0.05) is 18.4 Å². The highest BCUT2D eigenvalue weighted by Crippen LogP contribution is 2.09. The Morgan fingerprint density at radius 3 is 2.80 bits per heavy atom. The summed E-state index contributed by atoms with van der Waals surface area (Å²) >= 11 is 0. The van der Waals surface area contributed by atoms with Crippen molar-refractivity contribution in [3.63, 3.8) is 0 Å². The second-order valence-corrected chi connectivity index (χ2v) is 4.52. The molecule has 0 radical (unpaired) electrons. The summed E-state index contributed by atoms with van der Waals surface area (Å²) < 4.78 is 1.98. The average Bonchev–Trinajstić information content (AvgIpc) is 2.87. The molecule has 0 amide bonds. The van der Waals surface area contributed by atoms with Crippen molar-refractivity contribution in [3.05, 3.63) is 47.0 Å². The molecule has 1 aromatic heterocycles. The molecular formula is C16H20N4. The molecule has 0 saturated heterocycles. The molecule has 4 nitrogen and oxygen atoms in total. The number of benzene rings is 1. The smallest absolute Gasteiger partial charge is 0.150 e. The lowest BCUT2D eigenvalue weighted by molar-refractivity contribution is 0.637. The first-order valence-corrected chi connectivity index (χ1v) is 6.97. The highest BCUT2D eigenvalue weighted by Gasteiger charge is 2.07. The molecule has 0 aliphatic rings.